The van der Waals surface area contributed by atoms with E-state index in [-0.39, 0.29) is 30.2 Å². The van der Waals surface area contributed by atoms with Crippen LogP contribution in [0, 0.1) is 0 Å². The van der Waals surface area contributed by atoms with Crippen molar-refractivity contribution < 1.29 is 19.7 Å². The molecule has 1 aromatic heterocycles. The molecule has 1 aromatic carbocycles. The molecule has 156 valence electrons. The van der Waals surface area contributed by atoms with Crippen molar-refractivity contribution in [3.05, 3.63) is 41.5 Å². The quantitative estimate of drug-likeness (QED) is 0.727. The first-order valence-electron chi connectivity index (χ1n) is 9.86. The predicted molar refractivity (Wildman–Crippen MR) is 111 cm³/mol. The average Bonchev–Trinajstić information content (AvgIpc) is 2.66. The van der Waals surface area contributed by atoms with E-state index >= 15 is 0 Å². The number of pyridine rings is 1. The lowest BCUT2D eigenvalue weighted by Crippen LogP contribution is -2.42. The zero-order valence-electron chi connectivity index (χ0n) is 17.2. The Balaban J connectivity index is 1.94. The number of likely N-dealkylation sites (tertiary alicyclic amines) is 1. The highest BCUT2D eigenvalue weighted by molar-refractivity contribution is 5.71. The Morgan fingerprint density at radius 3 is 2.72 bits per heavy atom. The van der Waals surface area contributed by atoms with Crippen LogP contribution in [-0.2, 0) is 11.3 Å². The lowest BCUT2D eigenvalue weighted by molar-refractivity contribution is 0.0198. The fourth-order valence-corrected chi connectivity index (χ4v) is 3.70. The number of para-hydroxylation sites is 1. The molecule has 0 bridgehead atoms. The summed E-state index contributed by atoms with van der Waals surface area (Å²) < 4.78 is 5.52. The van der Waals surface area contributed by atoms with Gasteiger partial charge in [-0.2, -0.15) is 0 Å². The van der Waals surface area contributed by atoms with Gasteiger partial charge in [0, 0.05) is 30.1 Å². The summed E-state index contributed by atoms with van der Waals surface area (Å²) in [5, 5.41) is 20.1. The second kappa shape index (κ2) is 8.29. The molecule has 3 rings (SSSR count). The molecule has 1 atom stereocenters. The van der Waals surface area contributed by atoms with E-state index in [1.54, 1.807) is 23.1 Å². The van der Waals surface area contributed by atoms with Crippen LogP contribution in [0.4, 0.5) is 10.6 Å². The van der Waals surface area contributed by atoms with Crippen molar-refractivity contribution in [1.82, 2.24) is 9.88 Å². The number of nitrogen functional groups attached to an aromatic ring is 1. The number of phenols is 1. The summed E-state index contributed by atoms with van der Waals surface area (Å²) >= 11 is 0. The highest BCUT2D eigenvalue weighted by Gasteiger charge is 2.30. The third kappa shape index (κ3) is 4.79. The molecular weight excluding hydrogens is 370 g/mol. The zero-order chi connectivity index (χ0) is 21.2. The number of nitrogens with zero attached hydrogens (tertiary/aromatic N) is 2. The van der Waals surface area contributed by atoms with Gasteiger partial charge in [-0.15, -0.1) is 0 Å². The molecule has 1 fully saturated rings. The number of anilines is 1. The minimum absolute atomic E-state index is 0.00618. The van der Waals surface area contributed by atoms with Gasteiger partial charge in [0.15, 0.2) is 0 Å². The molecule has 0 saturated carbocycles. The highest BCUT2D eigenvalue weighted by atomic mass is 16.6. The maximum atomic E-state index is 12.5. The van der Waals surface area contributed by atoms with Gasteiger partial charge in [0.25, 0.3) is 0 Å². The van der Waals surface area contributed by atoms with Gasteiger partial charge in [-0.1, -0.05) is 12.1 Å². The first kappa shape index (κ1) is 20.9. The molecule has 4 N–H and O–H groups in total. The van der Waals surface area contributed by atoms with E-state index in [0.717, 1.165) is 18.4 Å². The minimum atomic E-state index is -0.556. The Kier molecular flexibility index (Phi) is 5.98. The molecule has 1 saturated heterocycles. The number of aromatic nitrogens is 1. The van der Waals surface area contributed by atoms with Crippen LogP contribution >= 0.6 is 0 Å². The Morgan fingerprint density at radius 1 is 1.34 bits per heavy atom. The number of benzene rings is 1. The number of nitrogens with two attached hydrogens (primary N) is 1. The number of hydrogen-bond donors (Lipinski definition) is 3. The molecule has 1 aliphatic heterocycles. The summed E-state index contributed by atoms with van der Waals surface area (Å²) in [6.45, 7) is 6.41. The molecule has 0 aliphatic carbocycles. The predicted octanol–water partition coefficient (Wildman–Crippen LogP) is 3.64. The molecule has 1 unspecified atom stereocenters. The van der Waals surface area contributed by atoms with E-state index in [1.807, 2.05) is 32.9 Å². The standard InChI is InChI=1S/C22H29N3O4/c1-22(2,3)29-21(28)25-10-6-7-14(12-25)16-11-18(24-20(23)17(16)13-26)15-8-4-5-9-19(15)27/h4-5,8-9,11,14,26-27H,6-7,10,12-13H2,1-3H3,(H2,23,24). The molecular formula is C22H29N3O4. The van der Waals surface area contributed by atoms with Crippen molar-refractivity contribution in [3.63, 3.8) is 0 Å². The fraction of sp³-hybridized carbons (Fsp3) is 0.455. The van der Waals surface area contributed by atoms with E-state index in [0.29, 0.717) is 29.9 Å². The van der Waals surface area contributed by atoms with Crippen molar-refractivity contribution >= 4 is 11.9 Å². The number of piperidine rings is 1. The van der Waals surface area contributed by atoms with Crippen molar-refractivity contribution in [2.24, 2.45) is 0 Å². The number of amides is 1. The molecule has 7 nitrogen and oxygen atoms in total. The van der Waals surface area contributed by atoms with E-state index in [4.69, 9.17) is 10.5 Å². The first-order valence-corrected chi connectivity index (χ1v) is 9.86. The van der Waals surface area contributed by atoms with Gasteiger partial charge in [0.1, 0.15) is 17.2 Å². The topological polar surface area (TPSA) is 109 Å². The van der Waals surface area contributed by atoms with Crippen LogP contribution in [0.25, 0.3) is 11.3 Å². The lowest BCUT2D eigenvalue weighted by atomic mass is 9.87. The number of hydrogen-bond acceptors (Lipinski definition) is 6. The van der Waals surface area contributed by atoms with E-state index in [1.165, 1.54) is 0 Å². The molecule has 29 heavy (non-hydrogen) atoms. The van der Waals surface area contributed by atoms with Gasteiger partial charge in [-0.05, 0) is 57.4 Å². The summed E-state index contributed by atoms with van der Waals surface area (Å²) in [5.74, 6) is 0.340. The Labute approximate surface area is 171 Å². The number of aromatic hydroxyl groups is 1. The summed E-state index contributed by atoms with van der Waals surface area (Å²) in [5.41, 5.74) is 8.13. The van der Waals surface area contributed by atoms with Crippen LogP contribution in [0.3, 0.4) is 0 Å². The third-order valence-electron chi connectivity index (χ3n) is 5.04. The number of ether oxygens (including phenoxy) is 1. The number of aliphatic hydroxyl groups excluding tert-OH is 1. The van der Waals surface area contributed by atoms with E-state index < -0.39 is 5.60 Å². The van der Waals surface area contributed by atoms with Gasteiger partial charge >= 0.3 is 6.09 Å². The molecule has 1 amide bonds. The lowest BCUT2D eigenvalue weighted by Gasteiger charge is -2.35. The van der Waals surface area contributed by atoms with Gasteiger partial charge in [0.2, 0.25) is 0 Å². The van der Waals surface area contributed by atoms with Crippen molar-refractivity contribution in [2.75, 3.05) is 18.8 Å². The molecule has 0 spiro atoms. The normalized spacial score (nSPS) is 17.2. The maximum absolute atomic E-state index is 12.5. The molecule has 1 aliphatic rings. The zero-order valence-corrected chi connectivity index (χ0v) is 17.2. The van der Waals surface area contributed by atoms with Crippen LogP contribution in [0.5, 0.6) is 5.75 Å². The Morgan fingerprint density at radius 2 is 2.07 bits per heavy atom. The molecule has 2 heterocycles. The SMILES string of the molecule is CC(C)(C)OC(=O)N1CCCC(c2cc(-c3ccccc3O)nc(N)c2CO)C1. The maximum Gasteiger partial charge on any atom is 0.410 e. The largest absolute Gasteiger partial charge is 0.507 e. The van der Waals surface area contributed by atoms with Crippen molar-refractivity contribution in [3.8, 4) is 17.0 Å². The van der Waals surface area contributed by atoms with Crippen LogP contribution < -0.4 is 5.73 Å². The number of carbonyl (C=O) groups is 1. The Hall–Kier alpha value is -2.80. The fourth-order valence-electron chi connectivity index (χ4n) is 3.70. The molecule has 7 heteroatoms. The summed E-state index contributed by atoms with van der Waals surface area (Å²) in [6, 6.07) is 8.79. The number of phenolic OH excluding ortho intramolecular Hbond substituents is 1. The van der Waals surface area contributed by atoms with Crippen LogP contribution in [0.15, 0.2) is 30.3 Å². The number of carbonyl (C=O) groups excluding carboxylic acids is 1. The molecule has 2 aromatic rings. The smallest absolute Gasteiger partial charge is 0.410 e. The van der Waals surface area contributed by atoms with Gasteiger partial charge in [-0.3, -0.25) is 0 Å². The van der Waals surface area contributed by atoms with Gasteiger partial charge < -0.3 is 25.6 Å². The number of rotatable bonds is 3. The van der Waals surface area contributed by atoms with Crippen molar-refractivity contribution in [1.29, 1.82) is 0 Å². The highest BCUT2D eigenvalue weighted by Crippen LogP contribution is 2.36. The van der Waals surface area contributed by atoms with Gasteiger partial charge in [-0.25, -0.2) is 9.78 Å². The first-order chi connectivity index (χ1) is 13.7. The van der Waals surface area contributed by atoms with E-state index in [2.05, 4.69) is 4.98 Å². The minimum Gasteiger partial charge on any atom is -0.507 e. The van der Waals surface area contributed by atoms with Crippen LogP contribution in [0.1, 0.15) is 50.7 Å². The monoisotopic (exact) mass is 399 g/mol. The summed E-state index contributed by atoms with van der Waals surface area (Å²) in [4.78, 5) is 18.6. The van der Waals surface area contributed by atoms with Crippen molar-refractivity contribution in [2.45, 2.75) is 51.7 Å². The van der Waals surface area contributed by atoms with E-state index in [9.17, 15) is 15.0 Å². The van der Waals surface area contributed by atoms with Gasteiger partial charge in [0.05, 0.1) is 12.3 Å². The second-order valence-corrected chi connectivity index (χ2v) is 8.40. The number of aliphatic hydroxyl groups is 1. The second-order valence-electron chi connectivity index (χ2n) is 8.40. The summed E-state index contributed by atoms with van der Waals surface area (Å²) in [7, 11) is 0. The van der Waals surface area contributed by atoms with Crippen LogP contribution in [0.2, 0.25) is 0 Å². The summed E-state index contributed by atoms with van der Waals surface area (Å²) in [6.07, 6.45) is 1.34. The Bertz CT molecular complexity index is 892. The molecule has 0 radical (unpaired) electrons. The van der Waals surface area contributed by atoms with Crippen LogP contribution in [-0.4, -0.2) is 44.9 Å². The average molecular weight is 399 g/mol. The third-order valence-corrected chi connectivity index (χ3v) is 5.04.